The Morgan fingerprint density at radius 3 is 2.55 bits per heavy atom. The average molecular weight is 265 g/mol. The van der Waals surface area contributed by atoms with Gasteiger partial charge in [0, 0.05) is 17.0 Å². The summed E-state index contributed by atoms with van der Waals surface area (Å²) in [7, 11) is 0. The Labute approximate surface area is 116 Å². The predicted octanol–water partition coefficient (Wildman–Crippen LogP) is 3.95. The van der Waals surface area contributed by atoms with Crippen molar-refractivity contribution < 1.29 is 9.62 Å². The van der Waals surface area contributed by atoms with Gasteiger partial charge < -0.3 is 9.62 Å². The van der Waals surface area contributed by atoms with Gasteiger partial charge in [0.05, 0.1) is 0 Å². The van der Waals surface area contributed by atoms with Crippen molar-refractivity contribution in [3.8, 4) is 11.3 Å². The monoisotopic (exact) mass is 265 g/mol. The molecule has 3 aromatic rings. The number of hydrogen-bond donors (Lipinski definition) is 1. The summed E-state index contributed by atoms with van der Waals surface area (Å²) in [6.45, 7) is 2.09. The van der Waals surface area contributed by atoms with Gasteiger partial charge in [0.1, 0.15) is 16.7 Å². The maximum absolute atomic E-state index is 9.25. The molecule has 1 aromatic heterocycles. The van der Waals surface area contributed by atoms with Gasteiger partial charge in [-0.05, 0) is 24.1 Å². The fourth-order valence-electron chi connectivity index (χ4n) is 2.26. The minimum absolute atomic E-state index is 0.528. The second-order valence-electron chi connectivity index (χ2n) is 4.65. The molecule has 0 aliphatic heterocycles. The summed E-state index contributed by atoms with van der Waals surface area (Å²) in [5.74, 6) is 0.690. The van der Waals surface area contributed by atoms with E-state index in [0.717, 1.165) is 23.0 Å². The van der Waals surface area contributed by atoms with E-state index in [1.165, 1.54) is 5.56 Å². The molecule has 0 radical (unpaired) electrons. The highest BCUT2D eigenvalue weighted by Gasteiger charge is 2.06. The standard InChI is InChI=1S/C17H15NO2/c1-2-12-8-9-16-14(10-12)15(18-19)11-17(20-16)13-6-4-3-5-7-13/h3-11,19H,2H2,1H3. The molecule has 20 heavy (non-hydrogen) atoms. The van der Waals surface area contributed by atoms with Crippen LogP contribution in [0.5, 0.6) is 0 Å². The molecule has 0 aliphatic rings. The van der Waals surface area contributed by atoms with E-state index in [0.29, 0.717) is 11.1 Å². The molecule has 0 unspecified atom stereocenters. The fraction of sp³-hybridized carbons (Fsp3) is 0.118. The highest BCUT2D eigenvalue weighted by molar-refractivity contribution is 5.79. The van der Waals surface area contributed by atoms with Gasteiger partial charge in [-0.2, -0.15) is 0 Å². The second-order valence-corrected chi connectivity index (χ2v) is 4.65. The van der Waals surface area contributed by atoms with E-state index in [1.54, 1.807) is 6.07 Å². The van der Waals surface area contributed by atoms with E-state index >= 15 is 0 Å². The minimum Gasteiger partial charge on any atom is -0.456 e. The summed E-state index contributed by atoms with van der Waals surface area (Å²) < 4.78 is 5.92. The normalized spacial score (nSPS) is 11.9. The number of rotatable bonds is 2. The summed E-state index contributed by atoms with van der Waals surface area (Å²) in [5.41, 5.74) is 2.86. The third kappa shape index (κ3) is 2.18. The van der Waals surface area contributed by atoms with Gasteiger partial charge in [0.25, 0.3) is 0 Å². The lowest BCUT2D eigenvalue weighted by atomic mass is 10.1. The van der Waals surface area contributed by atoms with Crippen LogP contribution in [0.1, 0.15) is 12.5 Å². The largest absolute Gasteiger partial charge is 0.456 e. The lowest BCUT2D eigenvalue weighted by molar-refractivity contribution is 0.302. The molecule has 0 fully saturated rings. The Hall–Kier alpha value is -2.55. The van der Waals surface area contributed by atoms with Gasteiger partial charge in [-0.3, -0.25) is 0 Å². The van der Waals surface area contributed by atoms with Gasteiger partial charge in [-0.1, -0.05) is 48.5 Å². The van der Waals surface area contributed by atoms with E-state index in [1.807, 2.05) is 48.5 Å². The molecule has 100 valence electrons. The van der Waals surface area contributed by atoms with Gasteiger partial charge >= 0.3 is 0 Å². The fourth-order valence-corrected chi connectivity index (χ4v) is 2.26. The average Bonchev–Trinajstić information content (AvgIpc) is 2.54. The van der Waals surface area contributed by atoms with E-state index in [9.17, 15) is 5.21 Å². The van der Waals surface area contributed by atoms with E-state index in [-0.39, 0.29) is 0 Å². The third-order valence-corrected chi connectivity index (χ3v) is 3.38. The van der Waals surface area contributed by atoms with Crippen LogP contribution in [0, 0.1) is 0 Å². The van der Waals surface area contributed by atoms with Crippen molar-refractivity contribution in [3.63, 3.8) is 0 Å². The van der Waals surface area contributed by atoms with Crippen LogP contribution in [0.4, 0.5) is 0 Å². The third-order valence-electron chi connectivity index (χ3n) is 3.38. The SMILES string of the molecule is CCc1ccc2oc(-c3ccccc3)cc(=NO)c2c1. The molecule has 0 saturated carbocycles. The summed E-state index contributed by atoms with van der Waals surface area (Å²) in [4.78, 5) is 0. The van der Waals surface area contributed by atoms with Crippen LogP contribution in [0.3, 0.4) is 0 Å². The van der Waals surface area contributed by atoms with E-state index < -0.39 is 0 Å². The molecule has 3 rings (SSSR count). The first-order valence-electron chi connectivity index (χ1n) is 6.62. The van der Waals surface area contributed by atoms with Crippen molar-refractivity contribution in [1.82, 2.24) is 0 Å². The quantitative estimate of drug-likeness (QED) is 0.563. The van der Waals surface area contributed by atoms with Crippen LogP contribution in [0.15, 0.2) is 64.2 Å². The Balaban J connectivity index is 2.29. The minimum atomic E-state index is 0.528. The highest BCUT2D eigenvalue weighted by Crippen LogP contribution is 2.22. The molecule has 0 atom stereocenters. The zero-order valence-electron chi connectivity index (χ0n) is 11.2. The Morgan fingerprint density at radius 1 is 1.05 bits per heavy atom. The van der Waals surface area contributed by atoms with Crippen LogP contribution in [-0.2, 0) is 6.42 Å². The number of benzene rings is 2. The molecular weight excluding hydrogens is 250 g/mol. The summed E-state index contributed by atoms with van der Waals surface area (Å²) in [6, 6.07) is 17.5. The first-order chi connectivity index (χ1) is 9.81. The molecule has 0 bridgehead atoms. The first-order valence-corrected chi connectivity index (χ1v) is 6.62. The highest BCUT2D eigenvalue weighted by atomic mass is 16.4. The molecule has 3 heteroatoms. The van der Waals surface area contributed by atoms with Crippen LogP contribution in [0.25, 0.3) is 22.3 Å². The number of fused-ring (bicyclic) bond motifs is 1. The molecule has 1 N–H and O–H groups in total. The van der Waals surface area contributed by atoms with Gasteiger partial charge in [-0.15, -0.1) is 0 Å². The molecule has 3 nitrogen and oxygen atoms in total. The molecular formula is C17H15NO2. The van der Waals surface area contributed by atoms with Gasteiger partial charge in [0.15, 0.2) is 0 Å². The maximum Gasteiger partial charge on any atom is 0.137 e. The van der Waals surface area contributed by atoms with Crippen molar-refractivity contribution in [2.75, 3.05) is 0 Å². The van der Waals surface area contributed by atoms with Crippen molar-refractivity contribution in [2.24, 2.45) is 5.16 Å². The van der Waals surface area contributed by atoms with E-state index in [4.69, 9.17) is 4.42 Å². The predicted molar refractivity (Wildman–Crippen MR) is 78.4 cm³/mol. The molecule has 0 amide bonds. The van der Waals surface area contributed by atoms with Crippen LogP contribution >= 0.6 is 0 Å². The topological polar surface area (TPSA) is 45.7 Å². The summed E-state index contributed by atoms with van der Waals surface area (Å²) >= 11 is 0. The number of nitrogens with zero attached hydrogens (tertiary/aromatic N) is 1. The zero-order valence-corrected chi connectivity index (χ0v) is 11.2. The van der Waals surface area contributed by atoms with Crippen molar-refractivity contribution in [3.05, 3.63) is 65.5 Å². The van der Waals surface area contributed by atoms with Crippen molar-refractivity contribution >= 4 is 11.0 Å². The lowest BCUT2D eigenvalue weighted by Crippen LogP contribution is -2.03. The van der Waals surface area contributed by atoms with Crippen molar-refractivity contribution in [2.45, 2.75) is 13.3 Å². The Bertz CT molecular complexity index is 804. The smallest absolute Gasteiger partial charge is 0.137 e. The molecule has 0 saturated heterocycles. The van der Waals surface area contributed by atoms with Crippen LogP contribution < -0.4 is 5.36 Å². The van der Waals surface area contributed by atoms with Crippen LogP contribution in [0.2, 0.25) is 0 Å². The Morgan fingerprint density at radius 2 is 1.85 bits per heavy atom. The molecule has 1 heterocycles. The molecule has 0 spiro atoms. The molecule has 0 aliphatic carbocycles. The molecule has 2 aromatic carbocycles. The van der Waals surface area contributed by atoms with Crippen LogP contribution in [-0.4, -0.2) is 5.21 Å². The second kappa shape index (κ2) is 5.21. The summed E-state index contributed by atoms with van der Waals surface area (Å²) in [6.07, 6.45) is 0.932. The number of aryl methyl sites for hydroxylation is 1. The first kappa shape index (κ1) is 12.5. The van der Waals surface area contributed by atoms with Crippen molar-refractivity contribution in [1.29, 1.82) is 0 Å². The number of hydrogen-bond acceptors (Lipinski definition) is 3. The lowest BCUT2D eigenvalue weighted by Gasteiger charge is -2.05. The Kier molecular flexibility index (Phi) is 3.25. The van der Waals surface area contributed by atoms with Gasteiger partial charge in [-0.25, -0.2) is 0 Å². The van der Waals surface area contributed by atoms with E-state index in [2.05, 4.69) is 12.1 Å². The maximum atomic E-state index is 9.25. The van der Waals surface area contributed by atoms with Gasteiger partial charge in [0.2, 0.25) is 0 Å². The zero-order chi connectivity index (χ0) is 13.9. The summed E-state index contributed by atoms with van der Waals surface area (Å²) in [5, 5.41) is 14.0.